The van der Waals surface area contributed by atoms with Crippen LogP contribution in [0.15, 0.2) is 48.8 Å². The van der Waals surface area contributed by atoms with Gasteiger partial charge in [0.15, 0.2) is 0 Å². The molecule has 1 aliphatic heterocycles. The molecule has 0 spiro atoms. The van der Waals surface area contributed by atoms with E-state index in [0.717, 1.165) is 11.3 Å². The molecule has 124 valence electrons. The van der Waals surface area contributed by atoms with Gasteiger partial charge in [0.2, 0.25) is 0 Å². The minimum Gasteiger partial charge on any atom is -0.306 e. The summed E-state index contributed by atoms with van der Waals surface area (Å²) in [5.74, 6) is -0.220. The van der Waals surface area contributed by atoms with Gasteiger partial charge in [-0.1, -0.05) is 0 Å². The SMILES string of the molecule is O=C(c1ccc([N+](=O)[O-])cc1)N1CCc2cn[nH]c2-c2ncccc21. The predicted molar refractivity (Wildman–Crippen MR) is 90.3 cm³/mol. The van der Waals surface area contributed by atoms with Gasteiger partial charge in [-0.3, -0.25) is 25.0 Å². The lowest BCUT2D eigenvalue weighted by molar-refractivity contribution is -0.384. The van der Waals surface area contributed by atoms with Gasteiger partial charge in [0, 0.05) is 36.0 Å². The Morgan fingerprint density at radius 1 is 1.24 bits per heavy atom. The van der Waals surface area contributed by atoms with E-state index < -0.39 is 4.92 Å². The van der Waals surface area contributed by atoms with Crippen LogP contribution in [0.25, 0.3) is 11.4 Å². The predicted octanol–water partition coefficient (Wildman–Crippen LogP) is 2.58. The molecule has 1 aromatic carbocycles. The number of rotatable bonds is 2. The zero-order valence-corrected chi connectivity index (χ0v) is 13.0. The van der Waals surface area contributed by atoms with Crippen molar-refractivity contribution in [1.82, 2.24) is 15.2 Å². The number of pyridine rings is 1. The van der Waals surface area contributed by atoms with Gasteiger partial charge in [-0.2, -0.15) is 5.10 Å². The number of hydrogen-bond donors (Lipinski definition) is 1. The molecule has 1 aliphatic rings. The summed E-state index contributed by atoms with van der Waals surface area (Å²) < 4.78 is 0. The van der Waals surface area contributed by atoms with Crippen LogP contribution in [0.2, 0.25) is 0 Å². The van der Waals surface area contributed by atoms with Gasteiger partial charge in [-0.15, -0.1) is 0 Å². The topological polar surface area (TPSA) is 105 Å². The first-order chi connectivity index (χ1) is 12.1. The number of fused-ring (bicyclic) bond motifs is 3. The van der Waals surface area contributed by atoms with Crippen LogP contribution >= 0.6 is 0 Å². The van der Waals surface area contributed by atoms with Gasteiger partial charge in [0.1, 0.15) is 5.69 Å². The number of benzene rings is 1. The molecule has 0 atom stereocenters. The number of aromatic nitrogens is 3. The van der Waals surface area contributed by atoms with Gasteiger partial charge in [0.05, 0.1) is 22.5 Å². The quantitative estimate of drug-likeness (QED) is 0.572. The Hall–Kier alpha value is -3.55. The van der Waals surface area contributed by atoms with Crippen molar-refractivity contribution in [3.63, 3.8) is 0 Å². The van der Waals surface area contributed by atoms with E-state index in [4.69, 9.17) is 0 Å². The molecule has 1 N–H and O–H groups in total. The van der Waals surface area contributed by atoms with Gasteiger partial charge >= 0.3 is 0 Å². The standard InChI is InChI=1S/C17H13N5O3/c23-17(11-3-5-13(6-4-11)22(24)25)21-9-7-12-10-19-20-15(12)16-14(21)2-1-8-18-16/h1-6,8,10H,7,9H2,(H,19,20). The van der Waals surface area contributed by atoms with Gasteiger partial charge in [-0.05, 0) is 30.7 Å². The first-order valence-electron chi connectivity index (χ1n) is 7.69. The number of nitro groups is 1. The fourth-order valence-electron chi connectivity index (χ4n) is 2.96. The second-order valence-corrected chi connectivity index (χ2v) is 5.65. The number of nitrogens with one attached hydrogen (secondary N) is 1. The maximum atomic E-state index is 13.0. The molecular weight excluding hydrogens is 322 g/mol. The lowest BCUT2D eigenvalue weighted by Crippen LogP contribution is -2.32. The number of amides is 1. The van der Waals surface area contributed by atoms with Crippen molar-refractivity contribution in [1.29, 1.82) is 0 Å². The van der Waals surface area contributed by atoms with Crippen molar-refractivity contribution in [2.24, 2.45) is 0 Å². The van der Waals surface area contributed by atoms with E-state index in [1.54, 1.807) is 23.4 Å². The van der Waals surface area contributed by atoms with Crippen molar-refractivity contribution < 1.29 is 9.72 Å². The summed E-state index contributed by atoms with van der Waals surface area (Å²) in [6.45, 7) is 0.473. The normalized spacial score (nSPS) is 12.9. The van der Waals surface area contributed by atoms with Crippen molar-refractivity contribution in [3.05, 3.63) is 70.0 Å². The maximum absolute atomic E-state index is 13.0. The first-order valence-corrected chi connectivity index (χ1v) is 7.69. The number of non-ortho nitro benzene ring substituents is 1. The highest BCUT2D eigenvalue weighted by molar-refractivity contribution is 6.08. The highest BCUT2D eigenvalue weighted by Gasteiger charge is 2.27. The zero-order valence-electron chi connectivity index (χ0n) is 13.0. The van der Waals surface area contributed by atoms with Crippen molar-refractivity contribution >= 4 is 17.3 Å². The van der Waals surface area contributed by atoms with E-state index in [1.807, 2.05) is 6.07 Å². The number of nitro benzene ring substituents is 1. The summed E-state index contributed by atoms with van der Waals surface area (Å²) in [5, 5.41) is 17.8. The maximum Gasteiger partial charge on any atom is 0.269 e. The number of carbonyl (C=O) groups is 1. The first kappa shape index (κ1) is 15.0. The molecule has 2 aromatic heterocycles. The van der Waals surface area contributed by atoms with E-state index in [2.05, 4.69) is 15.2 Å². The van der Waals surface area contributed by atoms with Crippen molar-refractivity contribution in [2.75, 3.05) is 11.4 Å². The van der Waals surface area contributed by atoms with Crippen LogP contribution in [0.1, 0.15) is 15.9 Å². The highest BCUT2D eigenvalue weighted by atomic mass is 16.6. The van der Waals surface area contributed by atoms with Crippen LogP contribution in [0.5, 0.6) is 0 Å². The Morgan fingerprint density at radius 3 is 2.80 bits per heavy atom. The molecule has 4 rings (SSSR count). The van der Waals surface area contributed by atoms with Crippen LogP contribution < -0.4 is 4.90 Å². The second-order valence-electron chi connectivity index (χ2n) is 5.65. The summed E-state index contributed by atoms with van der Waals surface area (Å²) in [6, 6.07) is 9.23. The summed E-state index contributed by atoms with van der Waals surface area (Å²) in [7, 11) is 0. The third kappa shape index (κ3) is 2.53. The number of H-pyrrole nitrogens is 1. The molecule has 1 amide bonds. The lowest BCUT2D eigenvalue weighted by Gasteiger charge is -2.22. The van der Waals surface area contributed by atoms with Crippen LogP contribution in [-0.2, 0) is 6.42 Å². The third-order valence-corrected chi connectivity index (χ3v) is 4.21. The summed E-state index contributed by atoms with van der Waals surface area (Å²) >= 11 is 0. The van der Waals surface area contributed by atoms with Gasteiger partial charge in [0.25, 0.3) is 11.6 Å². The molecule has 0 radical (unpaired) electrons. The Kier molecular flexibility index (Phi) is 3.50. The zero-order chi connectivity index (χ0) is 17.4. The second kappa shape index (κ2) is 5.82. The summed E-state index contributed by atoms with van der Waals surface area (Å²) in [4.78, 5) is 29.3. The number of carbonyl (C=O) groups excluding carboxylic acids is 1. The Morgan fingerprint density at radius 2 is 2.04 bits per heavy atom. The number of hydrogen-bond acceptors (Lipinski definition) is 5. The molecule has 0 bridgehead atoms. The molecule has 25 heavy (non-hydrogen) atoms. The van der Waals surface area contributed by atoms with Gasteiger partial charge in [-0.25, -0.2) is 0 Å². The average molecular weight is 335 g/mol. The number of aromatic amines is 1. The fourth-order valence-corrected chi connectivity index (χ4v) is 2.96. The van der Waals surface area contributed by atoms with Crippen molar-refractivity contribution in [2.45, 2.75) is 6.42 Å². The van der Waals surface area contributed by atoms with Crippen LogP contribution in [0.3, 0.4) is 0 Å². The number of anilines is 1. The molecule has 0 saturated heterocycles. The van der Waals surface area contributed by atoms with E-state index in [1.165, 1.54) is 24.3 Å². The minimum absolute atomic E-state index is 0.0458. The highest BCUT2D eigenvalue weighted by Crippen LogP contribution is 2.33. The van der Waals surface area contributed by atoms with Crippen molar-refractivity contribution in [3.8, 4) is 11.4 Å². The molecule has 3 heterocycles. The smallest absolute Gasteiger partial charge is 0.269 e. The molecule has 0 unspecified atom stereocenters. The van der Waals surface area contributed by atoms with Crippen LogP contribution in [-0.4, -0.2) is 32.6 Å². The van der Waals surface area contributed by atoms with Crippen LogP contribution in [0.4, 0.5) is 11.4 Å². The number of nitrogens with zero attached hydrogens (tertiary/aromatic N) is 4. The molecule has 0 fully saturated rings. The average Bonchev–Trinajstić information content (AvgIpc) is 3.05. The molecule has 3 aromatic rings. The largest absolute Gasteiger partial charge is 0.306 e. The monoisotopic (exact) mass is 335 g/mol. The summed E-state index contributed by atoms with van der Waals surface area (Å²) in [6.07, 6.45) is 4.05. The van der Waals surface area contributed by atoms with E-state index in [-0.39, 0.29) is 11.6 Å². The van der Waals surface area contributed by atoms with E-state index in [0.29, 0.717) is 29.9 Å². The molecular formula is C17H13N5O3. The van der Waals surface area contributed by atoms with Crippen LogP contribution in [0, 0.1) is 10.1 Å². The Bertz CT molecular complexity index is 964. The van der Waals surface area contributed by atoms with E-state index in [9.17, 15) is 14.9 Å². The minimum atomic E-state index is -0.487. The Balaban J connectivity index is 1.74. The lowest BCUT2D eigenvalue weighted by atomic mass is 10.1. The van der Waals surface area contributed by atoms with Gasteiger partial charge < -0.3 is 4.90 Å². The van der Waals surface area contributed by atoms with E-state index >= 15 is 0 Å². The summed E-state index contributed by atoms with van der Waals surface area (Å²) in [5.41, 5.74) is 3.52. The Labute approximate surface area is 142 Å². The molecule has 8 heteroatoms. The fraction of sp³-hybridized carbons (Fsp3) is 0.118. The molecule has 0 saturated carbocycles. The molecule has 0 aliphatic carbocycles. The third-order valence-electron chi connectivity index (χ3n) is 4.21. The molecule has 8 nitrogen and oxygen atoms in total.